The van der Waals surface area contributed by atoms with Crippen molar-refractivity contribution >= 4 is 51.3 Å². The quantitative estimate of drug-likeness (QED) is 0.248. The summed E-state index contributed by atoms with van der Waals surface area (Å²) in [6.07, 6.45) is 1.37. The van der Waals surface area contributed by atoms with Gasteiger partial charge < -0.3 is 19.7 Å². The number of ether oxygens (including phenoxy) is 2. The minimum absolute atomic E-state index is 0.183. The van der Waals surface area contributed by atoms with E-state index in [1.807, 2.05) is 6.07 Å². The van der Waals surface area contributed by atoms with Crippen molar-refractivity contribution in [3.63, 3.8) is 0 Å². The molecule has 0 heterocycles. The molecule has 0 saturated carbocycles. The fourth-order valence-electron chi connectivity index (χ4n) is 2.57. The van der Waals surface area contributed by atoms with Crippen molar-refractivity contribution < 1.29 is 27.8 Å². The van der Waals surface area contributed by atoms with Gasteiger partial charge in [0.25, 0.3) is 17.6 Å². The molecule has 0 aromatic heterocycles. The van der Waals surface area contributed by atoms with Gasteiger partial charge in [0.15, 0.2) is 18.1 Å². The highest BCUT2D eigenvalue weighted by atomic mass is 79.9. The van der Waals surface area contributed by atoms with E-state index in [-0.39, 0.29) is 18.1 Å². The highest BCUT2D eigenvalue weighted by Gasteiger charge is 2.16. The number of nitriles is 1. The molecule has 0 aliphatic rings. The molecule has 2 aromatic rings. The van der Waals surface area contributed by atoms with Gasteiger partial charge in [-0.2, -0.15) is 14.0 Å². The summed E-state index contributed by atoms with van der Waals surface area (Å²) in [6.45, 7) is 1.91. The molecule has 7 nitrogen and oxygen atoms in total. The molecule has 1 N–H and O–H groups in total. The lowest BCUT2D eigenvalue weighted by molar-refractivity contribution is -0.130. The van der Waals surface area contributed by atoms with E-state index in [9.17, 15) is 23.6 Å². The van der Waals surface area contributed by atoms with Crippen molar-refractivity contribution in [1.82, 2.24) is 4.90 Å². The van der Waals surface area contributed by atoms with Gasteiger partial charge in [-0.05, 0) is 70.9 Å². The molecule has 0 bridgehead atoms. The molecule has 0 aliphatic heterocycles. The fourth-order valence-corrected chi connectivity index (χ4v) is 3.64. The zero-order chi connectivity index (χ0) is 25.3. The first-order chi connectivity index (χ1) is 16.1. The number of carbonyl (C=O) groups is 2. The standard InChI is InChI=1S/C23H22BrF2N3O4S/c1-4-32-19-11-14(10-18(24)21(19)33-13-20(30)29(2)3)9-15(12-27)22(31)28-16-5-7-17(8-6-16)34-23(25)26/h5-11,23H,4,13H2,1-3H3,(H,28,31)/b15-9+. The van der Waals surface area contributed by atoms with Crippen LogP contribution in [0.25, 0.3) is 6.08 Å². The van der Waals surface area contributed by atoms with Crippen molar-refractivity contribution in [3.05, 3.63) is 52.0 Å². The number of hydrogen-bond donors (Lipinski definition) is 1. The number of likely N-dealkylation sites (N-methyl/N-ethyl adjacent to an activating group) is 1. The lowest BCUT2D eigenvalue weighted by Gasteiger charge is -2.16. The fraction of sp³-hybridized carbons (Fsp3) is 0.261. The number of hydrogen-bond acceptors (Lipinski definition) is 6. The molecule has 2 amide bonds. The molecule has 2 rings (SSSR count). The Kier molecular flexibility index (Phi) is 10.3. The van der Waals surface area contributed by atoms with Crippen LogP contribution in [0.3, 0.4) is 0 Å². The Balaban J connectivity index is 2.24. The normalized spacial score (nSPS) is 11.1. The molecule has 2 aromatic carbocycles. The number of halogens is 3. The highest BCUT2D eigenvalue weighted by molar-refractivity contribution is 9.10. The van der Waals surface area contributed by atoms with E-state index in [0.717, 1.165) is 0 Å². The van der Waals surface area contributed by atoms with Crippen molar-refractivity contribution in [3.8, 4) is 17.6 Å². The second-order valence-corrected chi connectivity index (χ2v) is 8.78. The van der Waals surface area contributed by atoms with Crippen LogP contribution >= 0.6 is 27.7 Å². The molecule has 0 atom stereocenters. The van der Waals surface area contributed by atoms with E-state index in [0.29, 0.717) is 50.5 Å². The van der Waals surface area contributed by atoms with Crippen LogP contribution in [0.15, 0.2) is 51.3 Å². The van der Waals surface area contributed by atoms with Crippen LogP contribution in [0, 0.1) is 11.3 Å². The monoisotopic (exact) mass is 553 g/mol. The predicted molar refractivity (Wildman–Crippen MR) is 130 cm³/mol. The summed E-state index contributed by atoms with van der Waals surface area (Å²) in [5, 5.41) is 12.1. The van der Waals surface area contributed by atoms with E-state index in [1.54, 1.807) is 33.2 Å². The summed E-state index contributed by atoms with van der Waals surface area (Å²) in [5.41, 5.74) is 0.657. The van der Waals surface area contributed by atoms with E-state index >= 15 is 0 Å². The lowest BCUT2D eigenvalue weighted by Crippen LogP contribution is -2.27. The number of nitrogens with one attached hydrogen (secondary N) is 1. The van der Waals surface area contributed by atoms with Gasteiger partial charge in [0.2, 0.25) is 0 Å². The highest BCUT2D eigenvalue weighted by Crippen LogP contribution is 2.37. The molecule has 180 valence electrons. The van der Waals surface area contributed by atoms with Gasteiger partial charge in [0.05, 0.1) is 11.1 Å². The number of rotatable bonds is 10. The van der Waals surface area contributed by atoms with E-state index < -0.39 is 11.7 Å². The van der Waals surface area contributed by atoms with Gasteiger partial charge >= 0.3 is 0 Å². The Morgan fingerprint density at radius 3 is 2.47 bits per heavy atom. The van der Waals surface area contributed by atoms with E-state index in [1.165, 1.54) is 35.2 Å². The Bertz CT molecular complexity index is 1100. The van der Waals surface area contributed by atoms with Crippen molar-refractivity contribution in [2.45, 2.75) is 17.6 Å². The zero-order valence-corrected chi connectivity index (χ0v) is 21.0. The summed E-state index contributed by atoms with van der Waals surface area (Å²) >= 11 is 3.78. The molecule has 11 heteroatoms. The molecule has 0 fully saturated rings. The molecular formula is C23H22BrF2N3O4S. The van der Waals surface area contributed by atoms with Crippen LogP contribution in [-0.2, 0) is 9.59 Å². The average Bonchev–Trinajstić information content (AvgIpc) is 2.77. The first kappa shape index (κ1) is 27.1. The minimum Gasteiger partial charge on any atom is -0.490 e. The van der Waals surface area contributed by atoms with Crippen LogP contribution < -0.4 is 14.8 Å². The second kappa shape index (κ2) is 13.0. The van der Waals surface area contributed by atoms with Crippen LogP contribution in [0.2, 0.25) is 0 Å². The number of amides is 2. The number of nitrogens with zero attached hydrogens (tertiary/aromatic N) is 2. The summed E-state index contributed by atoms with van der Waals surface area (Å²) in [5.74, 6) is -2.79. The van der Waals surface area contributed by atoms with Gasteiger partial charge in [0.1, 0.15) is 11.6 Å². The van der Waals surface area contributed by atoms with Crippen LogP contribution in [0.1, 0.15) is 12.5 Å². The summed E-state index contributed by atoms with van der Waals surface area (Å²) in [6, 6.07) is 10.9. The maximum Gasteiger partial charge on any atom is 0.288 e. The van der Waals surface area contributed by atoms with Gasteiger partial charge in [0, 0.05) is 24.7 Å². The Hall–Kier alpha value is -3.10. The molecule has 0 spiro atoms. The molecule has 0 aliphatic carbocycles. The molecule has 0 unspecified atom stereocenters. The number of carbonyl (C=O) groups excluding carboxylic acids is 2. The van der Waals surface area contributed by atoms with Gasteiger partial charge in [-0.15, -0.1) is 0 Å². The van der Waals surface area contributed by atoms with Crippen molar-refractivity contribution in [2.24, 2.45) is 0 Å². The number of anilines is 1. The maximum absolute atomic E-state index is 12.6. The first-order valence-corrected chi connectivity index (χ1v) is 11.6. The predicted octanol–water partition coefficient (Wildman–Crippen LogP) is 5.18. The smallest absolute Gasteiger partial charge is 0.288 e. The summed E-state index contributed by atoms with van der Waals surface area (Å²) in [7, 11) is 3.23. The Morgan fingerprint density at radius 1 is 1.24 bits per heavy atom. The van der Waals surface area contributed by atoms with Crippen molar-refractivity contribution in [2.75, 3.05) is 32.6 Å². The zero-order valence-electron chi connectivity index (χ0n) is 18.6. The summed E-state index contributed by atoms with van der Waals surface area (Å²) in [4.78, 5) is 26.2. The molecular weight excluding hydrogens is 532 g/mol. The molecule has 0 radical (unpaired) electrons. The SMILES string of the molecule is CCOc1cc(/C=C(\C#N)C(=O)Nc2ccc(SC(F)F)cc2)cc(Br)c1OCC(=O)N(C)C. The molecule has 34 heavy (non-hydrogen) atoms. The van der Waals surface area contributed by atoms with E-state index in [2.05, 4.69) is 21.2 Å². The number of alkyl halides is 2. The maximum atomic E-state index is 12.6. The third kappa shape index (κ3) is 8.04. The Morgan fingerprint density at radius 2 is 1.91 bits per heavy atom. The van der Waals surface area contributed by atoms with E-state index in [4.69, 9.17) is 9.47 Å². The topological polar surface area (TPSA) is 91.7 Å². The lowest BCUT2D eigenvalue weighted by atomic mass is 10.1. The van der Waals surface area contributed by atoms with Gasteiger partial charge in [-0.3, -0.25) is 9.59 Å². The average molecular weight is 554 g/mol. The van der Waals surface area contributed by atoms with Crippen LogP contribution in [0.4, 0.5) is 14.5 Å². The Labute approximate surface area is 208 Å². The first-order valence-electron chi connectivity index (χ1n) is 9.91. The second-order valence-electron chi connectivity index (χ2n) is 6.87. The number of thioether (sulfide) groups is 1. The van der Waals surface area contributed by atoms with Crippen molar-refractivity contribution in [1.29, 1.82) is 5.26 Å². The minimum atomic E-state index is -2.54. The largest absolute Gasteiger partial charge is 0.490 e. The molecule has 0 saturated heterocycles. The van der Waals surface area contributed by atoms with Gasteiger partial charge in [-0.1, -0.05) is 11.8 Å². The number of benzene rings is 2. The van der Waals surface area contributed by atoms with Crippen LogP contribution in [-0.4, -0.2) is 49.8 Å². The summed E-state index contributed by atoms with van der Waals surface area (Å²) < 4.78 is 36.6. The van der Waals surface area contributed by atoms with Gasteiger partial charge in [-0.25, -0.2) is 0 Å². The third-order valence-corrected chi connectivity index (χ3v) is 5.50. The van der Waals surface area contributed by atoms with Crippen LogP contribution in [0.5, 0.6) is 11.5 Å². The third-order valence-electron chi connectivity index (χ3n) is 4.18.